The number of fused-ring (bicyclic) bond motifs is 1. The largest absolute Gasteiger partial charge is 0.497 e. The summed E-state index contributed by atoms with van der Waals surface area (Å²) in [5, 5.41) is -0.0114. The first kappa shape index (κ1) is 17.5. The minimum absolute atomic E-state index is 0.143. The summed E-state index contributed by atoms with van der Waals surface area (Å²) in [4.78, 5) is 39.4. The van der Waals surface area contributed by atoms with E-state index in [4.69, 9.17) is 13.9 Å². The zero-order valence-electron chi connectivity index (χ0n) is 14.5. The maximum atomic E-state index is 12.4. The van der Waals surface area contributed by atoms with Crippen LogP contribution in [0.3, 0.4) is 0 Å². The Morgan fingerprint density at radius 1 is 1.19 bits per heavy atom. The topological polar surface area (TPSA) is 98.6 Å². The number of carbonyl (C=O) groups is 1. The van der Waals surface area contributed by atoms with E-state index in [2.05, 4.69) is 4.98 Å². The van der Waals surface area contributed by atoms with Gasteiger partial charge in [-0.2, -0.15) is 0 Å². The van der Waals surface area contributed by atoms with E-state index < -0.39 is 17.2 Å². The monoisotopic (exact) mass is 355 g/mol. The van der Waals surface area contributed by atoms with Gasteiger partial charge >= 0.3 is 11.6 Å². The Balaban J connectivity index is 2.31. The summed E-state index contributed by atoms with van der Waals surface area (Å²) in [6, 6.07) is 8.37. The number of aryl methyl sites for hydroxylation is 1. The number of carbonyl (C=O) groups excluding carboxylic acids is 1. The van der Waals surface area contributed by atoms with Gasteiger partial charge in [0.05, 0.1) is 19.3 Å². The van der Waals surface area contributed by atoms with Crippen molar-refractivity contribution in [1.82, 2.24) is 4.98 Å². The fourth-order valence-electron chi connectivity index (χ4n) is 2.77. The van der Waals surface area contributed by atoms with E-state index in [1.807, 2.05) is 0 Å². The highest BCUT2D eigenvalue weighted by Gasteiger charge is 2.21. The second-order valence-electron chi connectivity index (χ2n) is 5.59. The number of methoxy groups -OCH3 is 1. The highest BCUT2D eigenvalue weighted by Crippen LogP contribution is 2.26. The summed E-state index contributed by atoms with van der Waals surface area (Å²) < 4.78 is 15.5. The Kier molecular flexibility index (Phi) is 4.62. The van der Waals surface area contributed by atoms with Crippen molar-refractivity contribution in [2.75, 3.05) is 13.7 Å². The second kappa shape index (κ2) is 6.87. The van der Waals surface area contributed by atoms with Crippen LogP contribution in [0.15, 0.2) is 44.3 Å². The molecule has 0 aliphatic heterocycles. The number of H-pyrrole nitrogens is 1. The molecule has 1 aromatic carbocycles. The van der Waals surface area contributed by atoms with Crippen LogP contribution in [-0.2, 0) is 4.74 Å². The number of ether oxygens (including phenoxy) is 2. The number of benzene rings is 1. The predicted molar refractivity (Wildman–Crippen MR) is 95.8 cm³/mol. The maximum Gasteiger partial charge on any atom is 0.349 e. The SMILES string of the molecule is CCOC(=O)c1c(C)[nH]c(=O)c2c(=O)oc(-c3ccc(OC)cc3)cc12. The number of hydrogen-bond donors (Lipinski definition) is 1. The van der Waals surface area contributed by atoms with Crippen LogP contribution in [0.4, 0.5) is 0 Å². The fraction of sp³-hybridized carbons (Fsp3) is 0.211. The van der Waals surface area contributed by atoms with Crippen LogP contribution in [0.1, 0.15) is 23.0 Å². The number of aromatic amines is 1. The van der Waals surface area contributed by atoms with Crippen LogP contribution in [0.2, 0.25) is 0 Å². The van der Waals surface area contributed by atoms with Crippen molar-refractivity contribution in [3.63, 3.8) is 0 Å². The molecule has 0 aliphatic rings. The van der Waals surface area contributed by atoms with E-state index in [1.54, 1.807) is 45.2 Å². The standard InChI is InChI=1S/C19H17NO6/c1-4-25-18(22)15-10(2)20-17(21)16-13(15)9-14(26-19(16)23)11-5-7-12(24-3)8-6-11/h5-9H,4H2,1-3H3,(H,20,21). The molecule has 7 heteroatoms. The summed E-state index contributed by atoms with van der Waals surface area (Å²) >= 11 is 0. The number of rotatable bonds is 4. The molecular weight excluding hydrogens is 338 g/mol. The van der Waals surface area contributed by atoms with Gasteiger partial charge < -0.3 is 18.9 Å². The molecule has 2 heterocycles. The average molecular weight is 355 g/mol. The summed E-state index contributed by atoms with van der Waals surface area (Å²) in [7, 11) is 1.55. The predicted octanol–water partition coefficient (Wildman–Crippen LogP) is 2.64. The molecule has 26 heavy (non-hydrogen) atoms. The third-order valence-corrected chi connectivity index (χ3v) is 3.98. The van der Waals surface area contributed by atoms with E-state index in [0.717, 1.165) is 0 Å². The molecule has 0 spiro atoms. The molecule has 134 valence electrons. The number of aromatic nitrogens is 1. The third-order valence-electron chi connectivity index (χ3n) is 3.98. The summed E-state index contributed by atoms with van der Waals surface area (Å²) in [5.41, 5.74) is -0.352. The van der Waals surface area contributed by atoms with E-state index in [9.17, 15) is 14.4 Å². The highest BCUT2D eigenvalue weighted by molar-refractivity contribution is 6.05. The first-order valence-corrected chi connectivity index (χ1v) is 7.98. The van der Waals surface area contributed by atoms with Gasteiger partial charge in [0.1, 0.15) is 16.9 Å². The lowest BCUT2D eigenvalue weighted by atomic mass is 10.0. The van der Waals surface area contributed by atoms with Crippen LogP contribution >= 0.6 is 0 Å². The van der Waals surface area contributed by atoms with Gasteiger partial charge in [-0.15, -0.1) is 0 Å². The molecule has 0 fully saturated rings. The quantitative estimate of drug-likeness (QED) is 0.723. The Morgan fingerprint density at radius 3 is 2.50 bits per heavy atom. The molecule has 3 aromatic rings. The van der Waals surface area contributed by atoms with Gasteiger partial charge in [-0.05, 0) is 44.2 Å². The number of hydrogen-bond acceptors (Lipinski definition) is 6. The van der Waals surface area contributed by atoms with Crippen LogP contribution in [0.25, 0.3) is 22.1 Å². The van der Waals surface area contributed by atoms with Crippen molar-refractivity contribution in [3.05, 3.63) is 62.4 Å². The molecule has 2 aromatic heterocycles. The van der Waals surface area contributed by atoms with Crippen molar-refractivity contribution in [2.24, 2.45) is 0 Å². The maximum absolute atomic E-state index is 12.4. The zero-order chi connectivity index (χ0) is 18.8. The van der Waals surface area contributed by atoms with Crippen molar-refractivity contribution in [3.8, 4) is 17.1 Å². The van der Waals surface area contributed by atoms with Gasteiger partial charge in [0.15, 0.2) is 0 Å². The lowest BCUT2D eigenvalue weighted by Crippen LogP contribution is -2.21. The molecular formula is C19H17NO6. The third kappa shape index (κ3) is 2.99. The Labute approximate surface area is 148 Å². The zero-order valence-corrected chi connectivity index (χ0v) is 14.5. The molecule has 0 aliphatic carbocycles. The number of pyridine rings is 1. The molecule has 0 bridgehead atoms. The molecule has 0 saturated heterocycles. The number of nitrogens with one attached hydrogen (secondary N) is 1. The van der Waals surface area contributed by atoms with E-state index in [0.29, 0.717) is 17.0 Å². The molecule has 0 radical (unpaired) electrons. The van der Waals surface area contributed by atoms with Gasteiger partial charge in [-0.25, -0.2) is 9.59 Å². The lowest BCUT2D eigenvalue weighted by Gasteiger charge is -2.10. The Bertz CT molecular complexity index is 1090. The molecule has 0 amide bonds. The van der Waals surface area contributed by atoms with Crippen molar-refractivity contribution >= 4 is 16.7 Å². The van der Waals surface area contributed by atoms with Gasteiger partial charge in [0, 0.05) is 16.6 Å². The first-order valence-electron chi connectivity index (χ1n) is 7.98. The van der Waals surface area contributed by atoms with Gasteiger partial charge in [-0.1, -0.05) is 0 Å². The van der Waals surface area contributed by atoms with Crippen LogP contribution < -0.4 is 15.9 Å². The van der Waals surface area contributed by atoms with E-state index >= 15 is 0 Å². The molecule has 0 saturated carbocycles. The number of esters is 1. The summed E-state index contributed by atoms with van der Waals surface area (Å²) in [6.07, 6.45) is 0. The van der Waals surface area contributed by atoms with Gasteiger partial charge in [0.2, 0.25) is 0 Å². The fourth-order valence-corrected chi connectivity index (χ4v) is 2.77. The molecule has 3 rings (SSSR count). The van der Waals surface area contributed by atoms with E-state index in [1.165, 1.54) is 6.07 Å². The van der Waals surface area contributed by atoms with Crippen molar-refractivity contribution < 1.29 is 18.7 Å². The molecule has 0 unspecified atom stereocenters. The summed E-state index contributed by atoms with van der Waals surface area (Å²) in [5.74, 6) is 0.273. The Morgan fingerprint density at radius 2 is 1.88 bits per heavy atom. The van der Waals surface area contributed by atoms with Gasteiger partial charge in [0.25, 0.3) is 5.56 Å². The molecule has 1 N–H and O–H groups in total. The van der Waals surface area contributed by atoms with Crippen LogP contribution in [-0.4, -0.2) is 24.7 Å². The lowest BCUT2D eigenvalue weighted by molar-refractivity contribution is 0.0527. The highest BCUT2D eigenvalue weighted by atomic mass is 16.5. The Hall–Kier alpha value is -3.35. The van der Waals surface area contributed by atoms with Crippen molar-refractivity contribution in [2.45, 2.75) is 13.8 Å². The van der Waals surface area contributed by atoms with Crippen molar-refractivity contribution in [1.29, 1.82) is 0 Å². The minimum atomic E-state index is -0.819. The second-order valence-corrected chi connectivity index (χ2v) is 5.59. The smallest absolute Gasteiger partial charge is 0.349 e. The van der Waals surface area contributed by atoms with E-state index in [-0.39, 0.29) is 28.7 Å². The normalized spacial score (nSPS) is 10.7. The molecule has 7 nitrogen and oxygen atoms in total. The van der Waals surface area contributed by atoms with Gasteiger partial charge in [-0.3, -0.25) is 4.79 Å². The molecule has 0 atom stereocenters. The average Bonchev–Trinajstić information content (AvgIpc) is 2.61. The van der Waals surface area contributed by atoms with Crippen LogP contribution in [0, 0.1) is 6.92 Å². The van der Waals surface area contributed by atoms with Crippen LogP contribution in [0.5, 0.6) is 5.75 Å². The summed E-state index contributed by atoms with van der Waals surface area (Å²) in [6.45, 7) is 3.43. The minimum Gasteiger partial charge on any atom is -0.497 e. The first-order chi connectivity index (χ1) is 12.5.